The highest BCUT2D eigenvalue weighted by Crippen LogP contribution is 2.34. The molecule has 2 aromatic rings. The quantitative estimate of drug-likeness (QED) is 0.759. The number of benzene rings is 2. The average Bonchev–Trinajstić information content (AvgIpc) is 2.59. The van der Waals surface area contributed by atoms with Gasteiger partial charge in [0.15, 0.2) is 0 Å². The molecular weight excluding hydrogens is 388 g/mol. The van der Waals surface area contributed by atoms with Gasteiger partial charge in [0.25, 0.3) is 10.0 Å². The van der Waals surface area contributed by atoms with Gasteiger partial charge in [-0.05, 0) is 51.1 Å². The molecule has 0 fully saturated rings. The van der Waals surface area contributed by atoms with Crippen LogP contribution in [0.15, 0.2) is 47.4 Å². The lowest BCUT2D eigenvalue weighted by Gasteiger charge is -2.26. The van der Waals surface area contributed by atoms with Crippen molar-refractivity contribution in [1.29, 1.82) is 0 Å². The molecule has 0 unspecified atom stereocenters. The van der Waals surface area contributed by atoms with E-state index in [1.807, 2.05) is 6.92 Å². The van der Waals surface area contributed by atoms with E-state index in [-0.39, 0.29) is 16.6 Å². The predicted octanol–water partition coefficient (Wildman–Crippen LogP) is 3.38. The molecule has 0 heterocycles. The number of rotatable bonds is 7. The van der Waals surface area contributed by atoms with Crippen LogP contribution in [0, 0.1) is 6.92 Å². The van der Waals surface area contributed by atoms with E-state index in [2.05, 4.69) is 5.32 Å². The molecule has 0 saturated heterocycles. The van der Waals surface area contributed by atoms with Gasteiger partial charge in [-0.25, -0.2) is 8.42 Å². The first-order valence-corrected chi connectivity index (χ1v) is 10.2. The lowest BCUT2D eigenvalue weighted by molar-refractivity contribution is -0.120. The van der Waals surface area contributed by atoms with Gasteiger partial charge >= 0.3 is 0 Å². The summed E-state index contributed by atoms with van der Waals surface area (Å²) < 4.78 is 32.9. The maximum atomic E-state index is 13.3. The van der Waals surface area contributed by atoms with Crippen LogP contribution in [0.1, 0.15) is 19.4 Å². The zero-order chi connectivity index (χ0) is 20.2. The van der Waals surface area contributed by atoms with Gasteiger partial charge in [0.2, 0.25) is 5.91 Å². The van der Waals surface area contributed by atoms with Crippen LogP contribution in [0.25, 0.3) is 0 Å². The maximum absolute atomic E-state index is 13.3. The highest BCUT2D eigenvalue weighted by atomic mass is 35.5. The first-order valence-electron chi connectivity index (χ1n) is 8.37. The van der Waals surface area contributed by atoms with E-state index in [1.165, 1.54) is 25.3 Å². The molecule has 146 valence electrons. The summed E-state index contributed by atoms with van der Waals surface area (Å²) >= 11 is 6.08. The standard InChI is InChI=1S/C19H23ClN2O4S/c1-13(2)21-19(23)12-22(17-11-15(20)7-10-18(17)26-4)27(24,25)16-8-5-14(3)6-9-16/h5-11,13H,12H2,1-4H3,(H,21,23). The second kappa shape index (κ2) is 8.63. The van der Waals surface area contributed by atoms with Crippen molar-refractivity contribution in [2.45, 2.75) is 31.7 Å². The Kier molecular flexibility index (Phi) is 6.73. The first kappa shape index (κ1) is 21.1. The molecule has 2 rings (SSSR count). The Bertz CT molecular complexity index is 912. The molecule has 0 spiro atoms. The minimum atomic E-state index is -4.02. The van der Waals surface area contributed by atoms with Gasteiger partial charge in [-0.1, -0.05) is 29.3 Å². The minimum Gasteiger partial charge on any atom is -0.495 e. The summed E-state index contributed by atoms with van der Waals surface area (Å²) in [4.78, 5) is 12.4. The Morgan fingerprint density at radius 2 is 1.81 bits per heavy atom. The highest BCUT2D eigenvalue weighted by molar-refractivity contribution is 7.92. The monoisotopic (exact) mass is 410 g/mol. The van der Waals surface area contributed by atoms with Gasteiger partial charge in [-0.3, -0.25) is 9.10 Å². The number of aryl methyl sites for hydroxylation is 1. The molecule has 8 heteroatoms. The van der Waals surface area contributed by atoms with E-state index in [4.69, 9.17) is 16.3 Å². The van der Waals surface area contributed by atoms with E-state index >= 15 is 0 Å². The predicted molar refractivity (Wildman–Crippen MR) is 107 cm³/mol. The van der Waals surface area contributed by atoms with Gasteiger partial charge in [0, 0.05) is 11.1 Å². The number of carbonyl (C=O) groups is 1. The minimum absolute atomic E-state index is 0.0764. The van der Waals surface area contributed by atoms with E-state index in [9.17, 15) is 13.2 Å². The summed E-state index contributed by atoms with van der Waals surface area (Å²) in [5.41, 5.74) is 1.13. The molecule has 0 bridgehead atoms. The second-order valence-corrected chi connectivity index (χ2v) is 8.66. The Morgan fingerprint density at radius 3 is 2.37 bits per heavy atom. The van der Waals surface area contributed by atoms with Gasteiger partial charge in [-0.15, -0.1) is 0 Å². The molecule has 6 nitrogen and oxygen atoms in total. The van der Waals surface area contributed by atoms with Crippen molar-refractivity contribution in [3.8, 4) is 5.75 Å². The number of hydrogen-bond acceptors (Lipinski definition) is 4. The Labute approximate surface area is 165 Å². The number of ether oxygens (including phenoxy) is 1. The van der Waals surface area contributed by atoms with Crippen LogP contribution in [-0.4, -0.2) is 34.0 Å². The second-order valence-electron chi connectivity index (χ2n) is 6.36. The van der Waals surface area contributed by atoms with Crippen molar-refractivity contribution in [3.05, 3.63) is 53.1 Å². The number of nitrogens with zero attached hydrogens (tertiary/aromatic N) is 1. The highest BCUT2D eigenvalue weighted by Gasteiger charge is 2.29. The lowest BCUT2D eigenvalue weighted by atomic mass is 10.2. The number of hydrogen-bond donors (Lipinski definition) is 1. The van der Waals surface area contributed by atoms with Gasteiger partial charge in [-0.2, -0.15) is 0 Å². The molecule has 27 heavy (non-hydrogen) atoms. The van der Waals surface area contributed by atoms with E-state index in [1.54, 1.807) is 38.1 Å². The number of halogens is 1. The van der Waals surface area contributed by atoms with Crippen LogP contribution >= 0.6 is 11.6 Å². The van der Waals surface area contributed by atoms with E-state index < -0.39 is 22.5 Å². The topological polar surface area (TPSA) is 75.7 Å². The van der Waals surface area contributed by atoms with Crippen LogP contribution in [0.5, 0.6) is 5.75 Å². The summed E-state index contributed by atoms with van der Waals surface area (Å²) in [5, 5.41) is 3.04. The molecule has 0 aromatic heterocycles. The van der Waals surface area contributed by atoms with Crippen LogP contribution in [-0.2, 0) is 14.8 Å². The number of sulfonamides is 1. The smallest absolute Gasteiger partial charge is 0.264 e. The summed E-state index contributed by atoms with van der Waals surface area (Å²) in [5.74, 6) is -0.129. The fraction of sp³-hybridized carbons (Fsp3) is 0.316. The van der Waals surface area contributed by atoms with Crippen molar-refractivity contribution in [2.75, 3.05) is 18.0 Å². The van der Waals surface area contributed by atoms with Crippen molar-refractivity contribution in [3.63, 3.8) is 0 Å². The van der Waals surface area contributed by atoms with Gasteiger partial charge in [0.1, 0.15) is 12.3 Å². The van der Waals surface area contributed by atoms with Crippen LogP contribution in [0.4, 0.5) is 5.69 Å². The molecule has 1 N–H and O–H groups in total. The number of nitrogens with one attached hydrogen (secondary N) is 1. The van der Waals surface area contributed by atoms with E-state index in [0.29, 0.717) is 10.8 Å². The molecule has 2 aromatic carbocycles. The lowest BCUT2D eigenvalue weighted by Crippen LogP contribution is -2.43. The number of anilines is 1. The SMILES string of the molecule is COc1ccc(Cl)cc1N(CC(=O)NC(C)C)S(=O)(=O)c1ccc(C)cc1. The number of amides is 1. The fourth-order valence-corrected chi connectivity index (χ4v) is 4.08. The van der Waals surface area contributed by atoms with Crippen LogP contribution in [0.2, 0.25) is 5.02 Å². The van der Waals surface area contributed by atoms with E-state index in [0.717, 1.165) is 9.87 Å². The molecular formula is C19H23ClN2O4S. The molecule has 0 atom stereocenters. The average molecular weight is 411 g/mol. The van der Waals surface area contributed by atoms with Crippen molar-refractivity contribution in [2.24, 2.45) is 0 Å². The third-order valence-electron chi connectivity index (χ3n) is 3.76. The largest absolute Gasteiger partial charge is 0.495 e. The van der Waals surface area contributed by atoms with Gasteiger partial charge in [0.05, 0.1) is 17.7 Å². The zero-order valence-electron chi connectivity index (χ0n) is 15.7. The summed E-state index contributed by atoms with van der Waals surface area (Å²) in [6.45, 7) is 5.07. The molecule has 0 aliphatic carbocycles. The Hall–Kier alpha value is -2.25. The van der Waals surface area contributed by atoms with Gasteiger partial charge < -0.3 is 10.1 Å². The molecule has 0 aliphatic heterocycles. The first-order chi connectivity index (χ1) is 12.6. The molecule has 0 saturated carbocycles. The molecule has 0 radical (unpaired) electrons. The number of methoxy groups -OCH3 is 1. The molecule has 0 aliphatic rings. The fourth-order valence-electron chi connectivity index (χ4n) is 2.49. The van der Waals surface area contributed by atoms with Crippen LogP contribution < -0.4 is 14.4 Å². The van der Waals surface area contributed by atoms with Crippen molar-refractivity contribution >= 4 is 33.2 Å². The normalized spacial score (nSPS) is 11.3. The third-order valence-corrected chi connectivity index (χ3v) is 5.76. The van der Waals surface area contributed by atoms with Crippen LogP contribution in [0.3, 0.4) is 0 Å². The zero-order valence-corrected chi connectivity index (χ0v) is 17.3. The summed E-state index contributed by atoms with van der Waals surface area (Å²) in [7, 11) is -2.59. The maximum Gasteiger partial charge on any atom is 0.264 e. The number of carbonyl (C=O) groups excluding carboxylic acids is 1. The Morgan fingerprint density at radius 1 is 1.19 bits per heavy atom. The third kappa shape index (κ3) is 5.14. The van der Waals surface area contributed by atoms with Crippen molar-refractivity contribution < 1.29 is 17.9 Å². The molecule has 1 amide bonds. The van der Waals surface area contributed by atoms with Crippen molar-refractivity contribution in [1.82, 2.24) is 5.32 Å². The summed E-state index contributed by atoms with van der Waals surface area (Å²) in [6.07, 6.45) is 0. The summed E-state index contributed by atoms with van der Waals surface area (Å²) in [6, 6.07) is 10.9. The Balaban J connectivity index is 2.58.